The van der Waals surface area contributed by atoms with Crippen LogP contribution in [0.2, 0.25) is 5.02 Å². The van der Waals surface area contributed by atoms with Gasteiger partial charge in [-0.1, -0.05) is 23.7 Å². The van der Waals surface area contributed by atoms with Crippen molar-refractivity contribution in [2.24, 2.45) is 0 Å². The van der Waals surface area contributed by atoms with Crippen molar-refractivity contribution in [2.75, 3.05) is 4.72 Å². The van der Waals surface area contributed by atoms with Crippen LogP contribution in [0.5, 0.6) is 0 Å². The van der Waals surface area contributed by atoms with Gasteiger partial charge in [-0.05, 0) is 79.6 Å². The summed E-state index contributed by atoms with van der Waals surface area (Å²) in [6.45, 7) is 3.54. The van der Waals surface area contributed by atoms with Crippen LogP contribution in [0.15, 0.2) is 71.6 Å². The Morgan fingerprint density at radius 3 is 1.84 bits per heavy atom. The second kappa shape index (κ2) is 9.20. The van der Waals surface area contributed by atoms with Crippen LogP contribution in [0.1, 0.15) is 31.8 Å². The Kier molecular flexibility index (Phi) is 6.62. The van der Waals surface area contributed by atoms with Gasteiger partial charge < -0.3 is 0 Å². The Morgan fingerprint density at radius 2 is 1.29 bits per heavy atom. The highest BCUT2D eigenvalue weighted by Crippen LogP contribution is 2.21. The van der Waals surface area contributed by atoms with E-state index in [2.05, 4.69) is 15.6 Å². The Morgan fingerprint density at radius 1 is 0.774 bits per heavy atom. The molecule has 0 spiro atoms. The van der Waals surface area contributed by atoms with E-state index in [1.165, 1.54) is 36.4 Å². The van der Waals surface area contributed by atoms with Gasteiger partial charge in [0, 0.05) is 21.8 Å². The molecule has 3 rings (SSSR count). The molecule has 0 unspecified atom stereocenters. The second-order valence-corrected chi connectivity index (χ2v) is 8.95. The highest BCUT2D eigenvalue weighted by molar-refractivity contribution is 7.92. The summed E-state index contributed by atoms with van der Waals surface area (Å²) in [5.41, 5.74) is 6.96. The fraction of sp³-hybridized carbons (Fsp3) is 0.0909. The Bertz CT molecular complexity index is 1220. The van der Waals surface area contributed by atoms with Crippen molar-refractivity contribution < 1.29 is 18.0 Å². The minimum atomic E-state index is -3.77. The van der Waals surface area contributed by atoms with Crippen molar-refractivity contribution in [3.05, 3.63) is 94.0 Å². The third-order valence-electron chi connectivity index (χ3n) is 4.43. The number of nitrogens with one attached hydrogen (secondary N) is 3. The molecule has 31 heavy (non-hydrogen) atoms. The first-order chi connectivity index (χ1) is 14.7. The fourth-order valence-corrected chi connectivity index (χ4v) is 4.27. The molecule has 0 fully saturated rings. The third kappa shape index (κ3) is 5.62. The minimum Gasteiger partial charge on any atom is -0.280 e. The molecule has 3 N–H and O–H groups in total. The third-order valence-corrected chi connectivity index (χ3v) is 6.20. The number of hydrogen-bond donors (Lipinski definition) is 3. The number of hydrogen-bond acceptors (Lipinski definition) is 4. The fourth-order valence-electron chi connectivity index (χ4n) is 2.76. The quantitative estimate of drug-likeness (QED) is 0.506. The van der Waals surface area contributed by atoms with E-state index >= 15 is 0 Å². The first-order valence-electron chi connectivity index (χ1n) is 9.22. The zero-order valence-electron chi connectivity index (χ0n) is 16.8. The van der Waals surface area contributed by atoms with Crippen LogP contribution in [0.4, 0.5) is 5.69 Å². The molecule has 7 nitrogen and oxygen atoms in total. The van der Waals surface area contributed by atoms with Gasteiger partial charge in [0.15, 0.2) is 0 Å². The van der Waals surface area contributed by atoms with Gasteiger partial charge in [-0.25, -0.2) is 8.42 Å². The van der Waals surface area contributed by atoms with E-state index in [1.807, 2.05) is 13.0 Å². The molecule has 0 radical (unpaired) electrons. The van der Waals surface area contributed by atoms with Crippen LogP contribution in [-0.4, -0.2) is 20.2 Å². The summed E-state index contributed by atoms with van der Waals surface area (Å²) in [4.78, 5) is 24.5. The molecule has 0 atom stereocenters. The van der Waals surface area contributed by atoms with Crippen LogP contribution < -0.4 is 15.6 Å². The molecule has 0 aliphatic carbocycles. The maximum absolute atomic E-state index is 12.7. The summed E-state index contributed by atoms with van der Waals surface area (Å²) >= 11 is 5.78. The van der Waals surface area contributed by atoms with E-state index < -0.39 is 21.8 Å². The van der Waals surface area contributed by atoms with Gasteiger partial charge in [-0.15, -0.1) is 0 Å². The summed E-state index contributed by atoms with van der Waals surface area (Å²) in [6.07, 6.45) is 0. The molecule has 0 saturated carbocycles. The number of aryl methyl sites for hydroxylation is 2. The van der Waals surface area contributed by atoms with E-state index in [4.69, 9.17) is 11.6 Å². The Labute approximate surface area is 185 Å². The van der Waals surface area contributed by atoms with Gasteiger partial charge in [0.05, 0.1) is 4.90 Å². The smallest absolute Gasteiger partial charge is 0.269 e. The topological polar surface area (TPSA) is 104 Å². The van der Waals surface area contributed by atoms with Crippen molar-refractivity contribution in [1.29, 1.82) is 0 Å². The molecule has 0 aliphatic rings. The van der Waals surface area contributed by atoms with E-state index in [-0.39, 0.29) is 10.5 Å². The van der Waals surface area contributed by atoms with Crippen molar-refractivity contribution >= 4 is 39.1 Å². The number of rotatable bonds is 5. The van der Waals surface area contributed by atoms with Crippen molar-refractivity contribution in [2.45, 2.75) is 18.7 Å². The minimum absolute atomic E-state index is 0.194. The van der Waals surface area contributed by atoms with Crippen LogP contribution >= 0.6 is 11.6 Å². The summed E-state index contributed by atoms with van der Waals surface area (Å²) in [5, 5.41) is 0.494. The maximum atomic E-state index is 12.7. The molecule has 0 bridgehead atoms. The largest absolute Gasteiger partial charge is 0.280 e. The summed E-state index contributed by atoms with van der Waals surface area (Å²) in [5.74, 6) is -1.05. The lowest BCUT2D eigenvalue weighted by molar-refractivity contribution is 0.0846. The number of hydrazine groups is 1. The summed E-state index contributed by atoms with van der Waals surface area (Å²) < 4.78 is 27.9. The first kappa shape index (κ1) is 22.3. The van der Waals surface area contributed by atoms with Gasteiger partial charge >= 0.3 is 0 Å². The lowest BCUT2D eigenvalue weighted by atomic mass is 10.2. The van der Waals surface area contributed by atoms with Crippen LogP contribution in [-0.2, 0) is 10.0 Å². The number of amides is 2. The van der Waals surface area contributed by atoms with Gasteiger partial charge in [-0.3, -0.25) is 25.2 Å². The van der Waals surface area contributed by atoms with Gasteiger partial charge in [0.25, 0.3) is 21.8 Å². The second-order valence-electron chi connectivity index (χ2n) is 6.87. The zero-order chi connectivity index (χ0) is 22.6. The monoisotopic (exact) mass is 457 g/mol. The molecule has 0 heterocycles. The lowest BCUT2D eigenvalue weighted by Gasteiger charge is -2.12. The predicted molar refractivity (Wildman–Crippen MR) is 120 cm³/mol. The van der Waals surface area contributed by atoms with Crippen molar-refractivity contribution in [3.8, 4) is 0 Å². The van der Waals surface area contributed by atoms with Crippen molar-refractivity contribution in [1.82, 2.24) is 10.9 Å². The molecule has 0 aliphatic heterocycles. The molecule has 3 aromatic rings. The molecule has 160 valence electrons. The normalized spacial score (nSPS) is 10.9. The summed E-state index contributed by atoms with van der Waals surface area (Å²) in [6, 6.07) is 17.2. The number of anilines is 1. The van der Waals surface area contributed by atoms with Gasteiger partial charge in [-0.2, -0.15) is 0 Å². The zero-order valence-corrected chi connectivity index (χ0v) is 18.3. The number of carbonyl (C=O) groups is 2. The first-order valence-corrected chi connectivity index (χ1v) is 11.1. The van der Waals surface area contributed by atoms with E-state index in [9.17, 15) is 18.0 Å². The van der Waals surface area contributed by atoms with Crippen LogP contribution in [0, 0.1) is 13.8 Å². The number of halogens is 1. The SMILES string of the molecule is Cc1ccc(C)c(S(=O)(=O)Nc2ccc(C(=O)NNC(=O)c3ccc(Cl)cc3)cc2)c1. The summed E-state index contributed by atoms with van der Waals surface area (Å²) in [7, 11) is -3.77. The lowest BCUT2D eigenvalue weighted by Crippen LogP contribution is -2.41. The molecule has 2 amide bonds. The molecule has 0 aromatic heterocycles. The highest BCUT2D eigenvalue weighted by atomic mass is 35.5. The van der Waals surface area contributed by atoms with E-state index in [0.717, 1.165) is 5.56 Å². The van der Waals surface area contributed by atoms with Crippen LogP contribution in [0.3, 0.4) is 0 Å². The average Bonchev–Trinajstić information content (AvgIpc) is 2.74. The molecule has 0 saturated heterocycles. The van der Waals surface area contributed by atoms with E-state index in [1.54, 1.807) is 31.2 Å². The molecule has 9 heteroatoms. The van der Waals surface area contributed by atoms with Crippen molar-refractivity contribution in [3.63, 3.8) is 0 Å². The van der Waals surface area contributed by atoms with Gasteiger partial charge in [0.1, 0.15) is 0 Å². The Hall–Kier alpha value is -3.36. The standard InChI is InChI=1S/C22H20ClN3O4S/c1-14-3-4-15(2)20(13-14)31(29,30)26-19-11-7-17(8-12-19)22(28)25-24-21(27)16-5-9-18(23)10-6-16/h3-13,26H,1-2H3,(H,24,27)(H,25,28). The number of sulfonamides is 1. The van der Waals surface area contributed by atoms with Crippen LogP contribution in [0.25, 0.3) is 0 Å². The predicted octanol–water partition coefficient (Wildman–Crippen LogP) is 3.83. The van der Waals surface area contributed by atoms with E-state index in [0.29, 0.717) is 21.8 Å². The average molecular weight is 458 g/mol. The molecular weight excluding hydrogens is 438 g/mol. The van der Waals surface area contributed by atoms with Gasteiger partial charge in [0.2, 0.25) is 0 Å². The Balaban J connectivity index is 1.64. The molecular formula is C22H20ClN3O4S. The number of benzene rings is 3. The molecule has 3 aromatic carbocycles. The maximum Gasteiger partial charge on any atom is 0.269 e. The highest BCUT2D eigenvalue weighted by Gasteiger charge is 2.17. The number of carbonyl (C=O) groups excluding carboxylic acids is 2.